The monoisotopic (exact) mass is 247 g/mol. The van der Waals surface area contributed by atoms with Gasteiger partial charge in [0.05, 0.1) is 12.0 Å². The Kier molecular flexibility index (Phi) is 4.02. The molecule has 1 aliphatic carbocycles. The molecule has 3 nitrogen and oxygen atoms in total. The first-order chi connectivity index (χ1) is 8.74. The van der Waals surface area contributed by atoms with Gasteiger partial charge in [0.1, 0.15) is 0 Å². The van der Waals surface area contributed by atoms with Crippen LogP contribution in [0.1, 0.15) is 31.7 Å². The van der Waals surface area contributed by atoms with Crippen LogP contribution in [0.4, 0.5) is 0 Å². The number of aliphatic hydroxyl groups excluding tert-OH is 1. The molecule has 98 valence electrons. The van der Waals surface area contributed by atoms with Crippen LogP contribution >= 0.6 is 0 Å². The van der Waals surface area contributed by atoms with E-state index in [0.717, 1.165) is 31.4 Å². The van der Waals surface area contributed by atoms with Gasteiger partial charge in [-0.2, -0.15) is 0 Å². The van der Waals surface area contributed by atoms with Gasteiger partial charge in [0.2, 0.25) is 5.91 Å². The summed E-state index contributed by atoms with van der Waals surface area (Å²) in [5.41, 5.74) is 0.819. The van der Waals surface area contributed by atoms with Crippen LogP contribution in [0.2, 0.25) is 0 Å². The Balaban J connectivity index is 2.17. The van der Waals surface area contributed by atoms with Gasteiger partial charge in [-0.3, -0.25) is 4.79 Å². The molecular formula is C15H21NO2. The van der Waals surface area contributed by atoms with Gasteiger partial charge in [-0.05, 0) is 24.8 Å². The molecule has 1 N–H and O–H groups in total. The zero-order valence-corrected chi connectivity index (χ0v) is 10.9. The van der Waals surface area contributed by atoms with E-state index in [1.165, 1.54) is 0 Å². The zero-order chi connectivity index (χ0) is 13.0. The molecule has 0 aromatic heterocycles. The first-order valence-electron chi connectivity index (χ1n) is 6.70. The van der Waals surface area contributed by atoms with E-state index in [9.17, 15) is 4.79 Å². The number of nitrogens with zero attached hydrogens (tertiary/aromatic N) is 1. The molecule has 3 heteroatoms. The van der Waals surface area contributed by atoms with Gasteiger partial charge in [0, 0.05) is 13.1 Å². The SMILES string of the molecule is CCCN(CCO)C(=O)C1(c2ccccc2)CC1. The molecular weight excluding hydrogens is 226 g/mol. The van der Waals surface area contributed by atoms with E-state index < -0.39 is 0 Å². The number of hydrogen-bond donors (Lipinski definition) is 1. The highest BCUT2D eigenvalue weighted by molar-refractivity contribution is 5.91. The Morgan fingerprint density at radius 3 is 2.44 bits per heavy atom. The second-order valence-electron chi connectivity index (χ2n) is 4.96. The van der Waals surface area contributed by atoms with E-state index in [2.05, 4.69) is 6.92 Å². The van der Waals surface area contributed by atoms with Gasteiger partial charge in [-0.1, -0.05) is 37.3 Å². The van der Waals surface area contributed by atoms with Crippen molar-refractivity contribution >= 4 is 5.91 Å². The molecule has 0 bridgehead atoms. The number of benzene rings is 1. The minimum absolute atomic E-state index is 0.0383. The third-order valence-electron chi connectivity index (χ3n) is 3.64. The maximum absolute atomic E-state index is 12.6. The Morgan fingerprint density at radius 2 is 1.94 bits per heavy atom. The van der Waals surface area contributed by atoms with Crippen LogP contribution in [0.3, 0.4) is 0 Å². The van der Waals surface area contributed by atoms with Gasteiger partial charge in [-0.15, -0.1) is 0 Å². The molecule has 0 radical (unpaired) electrons. The maximum atomic E-state index is 12.6. The maximum Gasteiger partial charge on any atom is 0.233 e. The second kappa shape index (κ2) is 5.53. The fourth-order valence-electron chi connectivity index (χ4n) is 2.52. The van der Waals surface area contributed by atoms with Crippen molar-refractivity contribution in [1.29, 1.82) is 0 Å². The second-order valence-corrected chi connectivity index (χ2v) is 4.96. The van der Waals surface area contributed by atoms with E-state index >= 15 is 0 Å². The molecule has 0 unspecified atom stereocenters. The Bertz CT molecular complexity index is 392. The summed E-state index contributed by atoms with van der Waals surface area (Å²) in [5.74, 6) is 0.185. The van der Waals surface area contributed by atoms with Gasteiger partial charge in [0.25, 0.3) is 0 Å². The molecule has 1 aromatic rings. The molecule has 18 heavy (non-hydrogen) atoms. The van der Waals surface area contributed by atoms with Crippen molar-refractivity contribution < 1.29 is 9.90 Å². The standard InChI is InChI=1S/C15H21NO2/c1-2-10-16(11-12-17)14(18)15(8-9-15)13-6-4-3-5-7-13/h3-7,17H,2,8-12H2,1H3. The summed E-state index contributed by atoms with van der Waals surface area (Å²) in [7, 11) is 0. The van der Waals surface area contributed by atoms with E-state index in [-0.39, 0.29) is 17.9 Å². The highest BCUT2D eigenvalue weighted by Crippen LogP contribution is 2.49. The van der Waals surface area contributed by atoms with Gasteiger partial charge in [-0.25, -0.2) is 0 Å². The third kappa shape index (κ3) is 2.41. The zero-order valence-electron chi connectivity index (χ0n) is 10.9. The van der Waals surface area contributed by atoms with Crippen LogP contribution in [0.15, 0.2) is 30.3 Å². The summed E-state index contributed by atoms with van der Waals surface area (Å²) in [6.45, 7) is 3.27. The summed E-state index contributed by atoms with van der Waals surface area (Å²) < 4.78 is 0. The summed E-state index contributed by atoms with van der Waals surface area (Å²) >= 11 is 0. The summed E-state index contributed by atoms with van der Waals surface area (Å²) in [5, 5.41) is 9.08. The van der Waals surface area contributed by atoms with Gasteiger partial charge in [0.15, 0.2) is 0 Å². The number of rotatable bonds is 6. The quantitative estimate of drug-likeness (QED) is 0.834. The highest BCUT2D eigenvalue weighted by atomic mass is 16.3. The van der Waals surface area contributed by atoms with E-state index in [0.29, 0.717) is 6.54 Å². The fraction of sp³-hybridized carbons (Fsp3) is 0.533. The molecule has 0 saturated heterocycles. The molecule has 1 amide bonds. The van der Waals surface area contributed by atoms with Crippen molar-refractivity contribution in [2.75, 3.05) is 19.7 Å². The van der Waals surface area contributed by atoms with E-state index in [1.54, 1.807) is 4.90 Å². The topological polar surface area (TPSA) is 40.5 Å². The molecule has 0 heterocycles. The average molecular weight is 247 g/mol. The van der Waals surface area contributed by atoms with Crippen molar-refractivity contribution in [3.8, 4) is 0 Å². The van der Waals surface area contributed by atoms with E-state index in [1.807, 2.05) is 30.3 Å². The summed E-state index contributed by atoms with van der Waals surface area (Å²) in [6.07, 6.45) is 2.79. The largest absolute Gasteiger partial charge is 0.395 e. The number of hydrogen-bond acceptors (Lipinski definition) is 2. The van der Waals surface area contributed by atoms with Gasteiger partial charge < -0.3 is 10.0 Å². The first-order valence-corrected chi connectivity index (χ1v) is 6.70. The predicted octanol–water partition coefficient (Wildman–Crippen LogP) is 1.95. The van der Waals surface area contributed by atoms with Crippen molar-refractivity contribution in [2.45, 2.75) is 31.6 Å². The minimum Gasteiger partial charge on any atom is -0.395 e. The van der Waals surface area contributed by atoms with Crippen LogP contribution in [-0.4, -0.2) is 35.6 Å². The van der Waals surface area contributed by atoms with Crippen LogP contribution in [0, 0.1) is 0 Å². The minimum atomic E-state index is -0.300. The number of aliphatic hydroxyl groups is 1. The van der Waals surface area contributed by atoms with Crippen LogP contribution in [0.5, 0.6) is 0 Å². The van der Waals surface area contributed by atoms with E-state index in [4.69, 9.17) is 5.11 Å². The lowest BCUT2D eigenvalue weighted by Crippen LogP contribution is -2.41. The highest BCUT2D eigenvalue weighted by Gasteiger charge is 2.52. The average Bonchev–Trinajstić information content (AvgIpc) is 3.20. The van der Waals surface area contributed by atoms with Gasteiger partial charge >= 0.3 is 0 Å². The lowest BCUT2D eigenvalue weighted by Gasteiger charge is -2.26. The lowest BCUT2D eigenvalue weighted by atomic mass is 9.94. The molecule has 1 aliphatic rings. The first kappa shape index (κ1) is 13.1. The van der Waals surface area contributed by atoms with Crippen LogP contribution < -0.4 is 0 Å². The molecule has 0 atom stereocenters. The summed E-state index contributed by atoms with van der Waals surface area (Å²) in [6, 6.07) is 10.0. The van der Waals surface area contributed by atoms with Crippen LogP contribution in [0.25, 0.3) is 0 Å². The number of carbonyl (C=O) groups excluding carboxylic acids is 1. The Hall–Kier alpha value is -1.35. The predicted molar refractivity (Wildman–Crippen MR) is 71.3 cm³/mol. The molecule has 1 aromatic carbocycles. The molecule has 0 aliphatic heterocycles. The molecule has 1 saturated carbocycles. The molecule has 2 rings (SSSR count). The number of carbonyl (C=O) groups is 1. The van der Waals surface area contributed by atoms with Crippen molar-refractivity contribution in [2.24, 2.45) is 0 Å². The molecule has 1 fully saturated rings. The summed E-state index contributed by atoms with van der Waals surface area (Å²) in [4.78, 5) is 14.4. The third-order valence-corrected chi connectivity index (χ3v) is 3.64. The lowest BCUT2D eigenvalue weighted by molar-refractivity contribution is -0.134. The molecule has 0 spiro atoms. The Labute approximate surface area is 108 Å². The fourth-order valence-corrected chi connectivity index (χ4v) is 2.52. The smallest absolute Gasteiger partial charge is 0.233 e. The van der Waals surface area contributed by atoms with Crippen LogP contribution in [-0.2, 0) is 10.2 Å². The van der Waals surface area contributed by atoms with Crippen molar-refractivity contribution in [1.82, 2.24) is 4.90 Å². The number of amides is 1. The van der Waals surface area contributed by atoms with Crippen molar-refractivity contribution in [3.05, 3.63) is 35.9 Å². The normalized spacial score (nSPS) is 16.3. The Morgan fingerprint density at radius 1 is 1.28 bits per heavy atom. The van der Waals surface area contributed by atoms with Crippen molar-refractivity contribution in [3.63, 3.8) is 0 Å².